The van der Waals surface area contributed by atoms with Gasteiger partial charge in [-0.2, -0.15) is 0 Å². The van der Waals surface area contributed by atoms with Crippen LogP contribution < -0.4 is 20.1 Å². The highest BCUT2D eigenvalue weighted by Crippen LogP contribution is 2.28. The van der Waals surface area contributed by atoms with Crippen LogP contribution in [0, 0.1) is 0 Å². The number of carbonyl (C=O) groups is 2. The molecule has 1 fully saturated rings. The maximum Gasteiger partial charge on any atom is 0.251 e. The summed E-state index contributed by atoms with van der Waals surface area (Å²) in [4.78, 5) is 28.3. The minimum atomic E-state index is -0.338. The average Bonchev–Trinajstić information content (AvgIpc) is 3.46. The van der Waals surface area contributed by atoms with Gasteiger partial charge in [-0.15, -0.1) is 11.3 Å². The normalized spacial score (nSPS) is 15.0. The first-order valence-corrected chi connectivity index (χ1v) is 10.5. The van der Waals surface area contributed by atoms with Crippen molar-refractivity contribution in [3.05, 3.63) is 46.2 Å². The second-order valence-electron chi connectivity index (χ2n) is 6.83. The van der Waals surface area contributed by atoms with Gasteiger partial charge in [0.2, 0.25) is 5.91 Å². The topological polar surface area (TPSA) is 79.9 Å². The molecule has 0 saturated carbocycles. The van der Waals surface area contributed by atoms with E-state index in [1.165, 1.54) is 31.9 Å². The molecule has 7 nitrogen and oxygen atoms in total. The Morgan fingerprint density at radius 3 is 2.52 bits per heavy atom. The zero-order valence-electron chi connectivity index (χ0n) is 16.8. The molecule has 0 unspecified atom stereocenters. The van der Waals surface area contributed by atoms with Crippen LogP contribution in [0.1, 0.15) is 34.1 Å². The lowest BCUT2D eigenvalue weighted by molar-refractivity contribution is -0.120. The van der Waals surface area contributed by atoms with Crippen molar-refractivity contribution >= 4 is 23.2 Å². The van der Waals surface area contributed by atoms with Gasteiger partial charge in [-0.05, 0) is 55.6 Å². The van der Waals surface area contributed by atoms with E-state index in [0.29, 0.717) is 23.6 Å². The van der Waals surface area contributed by atoms with E-state index < -0.39 is 0 Å². The summed E-state index contributed by atoms with van der Waals surface area (Å²) in [5.74, 6) is 0.465. The molecular formula is C21H27N3O4S. The number of hydrogen-bond acceptors (Lipinski definition) is 6. The van der Waals surface area contributed by atoms with Gasteiger partial charge in [0.05, 0.1) is 26.8 Å². The van der Waals surface area contributed by atoms with Crippen molar-refractivity contribution in [2.75, 3.05) is 40.4 Å². The first-order valence-electron chi connectivity index (χ1n) is 9.66. The van der Waals surface area contributed by atoms with Gasteiger partial charge >= 0.3 is 0 Å². The zero-order valence-corrected chi connectivity index (χ0v) is 17.6. The number of hydrogen-bond donors (Lipinski definition) is 2. The molecule has 1 aliphatic rings. The van der Waals surface area contributed by atoms with Crippen LogP contribution in [0.2, 0.25) is 0 Å². The van der Waals surface area contributed by atoms with Crippen molar-refractivity contribution in [3.63, 3.8) is 0 Å². The average molecular weight is 418 g/mol. The Balaban J connectivity index is 1.52. The molecule has 2 aromatic rings. The number of ether oxygens (including phenoxy) is 2. The second kappa shape index (κ2) is 10.3. The fourth-order valence-electron chi connectivity index (χ4n) is 3.46. The van der Waals surface area contributed by atoms with E-state index >= 15 is 0 Å². The molecule has 1 aromatic heterocycles. The Kier molecular flexibility index (Phi) is 7.48. The van der Waals surface area contributed by atoms with Gasteiger partial charge in [-0.25, -0.2) is 0 Å². The number of nitrogens with zero attached hydrogens (tertiary/aromatic N) is 1. The fourth-order valence-corrected chi connectivity index (χ4v) is 4.32. The van der Waals surface area contributed by atoms with Crippen LogP contribution in [0.15, 0.2) is 35.7 Å². The summed E-state index contributed by atoms with van der Waals surface area (Å²) < 4.78 is 10.4. The number of methoxy groups -OCH3 is 2. The molecule has 3 rings (SSSR count). The first kappa shape index (κ1) is 21.1. The predicted molar refractivity (Wildman–Crippen MR) is 113 cm³/mol. The van der Waals surface area contributed by atoms with E-state index in [1.807, 2.05) is 6.07 Å². The zero-order chi connectivity index (χ0) is 20.6. The smallest absolute Gasteiger partial charge is 0.251 e. The molecule has 8 heteroatoms. The summed E-state index contributed by atoms with van der Waals surface area (Å²) in [6.07, 6.45) is 2.38. The van der Waals surface area contributed by atoms with Crippen LogP contribution in [0.3, 0.4) is 0 Å². The van der Waals surface area contributed by atoms with E-state index in [4.69, 9.17) is 9.47 Å². The van der Waals surface area contributed by atoms with E-state index in [1.54, 1.807) is 29.5 Å². The molecule has 0 bridgehead atoms. The molecule has 1 atom stereocenters. The molecular weight excluding hydrogens is 390 g/mol. The lowest BCUT2D eigenvalue weighted by Crippen LogP contribution is -2.41. The Labute approximate surface area is 175 Å². The Bertz CT molecular complexity index is 819. The molecule has 1 aliphatic heterocycles. The predicted octanol–water partition coefficient (Wildman–Crippen LogP) is 2.45. The van der Waals surface area contributed by atoms with Crippen molar-refractivity contribution in [2.45, 2.75) is 18.9 Å². The van der Waals surface area contributed by atoms with E-state index in [0.717, 1.165) is 13.1 Å². The number of thiophene rings is 1. The van der Waals surface area contributed by atoms with Crippen molar-refractivity contribution in [3.8, 4) is 11.5 Å². The van der Waals surface area contributed by atoms with Crippen LogP contribution in [-0.4, -0.2) is 57.1 Å². The van der Waals surface area contributed by atoms with Gasteiger partial charge in [-0.3, -0.25) is 14.5 Å². The lowest BCUT2D eigenvalue weighted by Gasteiger charge is -2.26. The summed E-state index contributed by atoms with van der Waals surface area (Å²) in [5.41, 5.74) is 0.406. The molecule has 156 valence electrons. The van der Waals surface area contributed by atoms with Crippen LogP contribution >= 0.6 is 11.3 Å². The van der Waals surface area contributed by atoms with Crippen molar-refractivity contribution < 1.29 is 19.1 Å². The third-order valence-corrected chi connectivity index (χ3v) is 5.97. The Morgan fingerprint density at radius 2 is 1.86 bits per heavy atom. The molecule has 2 N–H and O–H groups in total. The third-order valence-electron chi connectivity index (χ3n) is 5.00. The van der Waals surface area contributed by atoms with E-state index in [-0.39, 0.29) is 24.4 Å². The molecule has 0 spiro atoms. The second-order valence-corrected chi connectivity index (χ2v) is 7.81. The van der Waals surface area contributed by atoms with Crippen molar-refractivity contribution in [1.82, 2.24) is 15.5 Å². The molecule has 0 radical (unpaired) electrons. The van der Waals surface area contributed by atoms with Crippen LogP contribution in [-0.2, 0) is 4.79 Å². The quantitative estimate of drug-likeness (QED) is 0.655. The van der Waals surface area contributed by atoms with Gasteiger partial charge in [0, 0.05) is 17.0 Å². The van der Waals surface area contributed by atoms with E-state index in [9.17, 15) is 9.59 Å². The van der Waals surface area contributed by atoms with Crippen molar-refractivity contribution in [2.24, 2.45) is 0 Å². The van der Waals surface area contributed by atoms with Gasteiger partial charge in [-0.1, -0.05) is 6.07 Å². The van der Waals surface area contributed by atoms with Crippen LogP contribution in [0.5, 0.6) is 11.5 Å². The SMILES string of the molecule is COc1ccc(C(=O)NCC(=O)NC[C@H](c2cccs2)N2CCCC2)cc1OC. The number of rotatable bonds is 9. The van der Waals surface area contributed by atoms with Crippen LogP contribution in [0.25, 0.3) is 0 Å². The van der Waals surface area contributed by atoms with Gasteiger partial charge in [0.15, 0.2) is 11.5 Å². The monoisotopic (exact) mass is 417 g/mol. The molecule has 29 heavy (non-hydrogen) atoms. The number of nitrogens with one attached hydrogen (secondary N) is 2. The number of benzene rings is 1. The maximum absolute atomic E-state index is 12.4. The number of carbonyl (C=O) groups excluding carboxylic acids is 2. The third kappa shape index (κ3) is 5.48. The highest BCUT2D eigenvalue weighted by molar-refractivity contribution is 7.10. The van der Waals surface area contributed by atoms with Gasteiger partial charge < -0.3 is 20.1 Å². The summed E-state index contributed by atoms with van der Waals surface area (Å²) in [6.45, 7) is 2.55. The minimum absolute atomic E-state index is 0.0790. The van der Waals surface area contributed by atoms with E-state index in [2.05, 4.69) is 27.0 Å². The highest BCUT2D eigenvalue weighted by Gasteiger charge is 2.24. The summed E-state index contributed by atoms with van der Waals surface area (Å²) in [7, 11) is 3.05. The lowest BCUT2D eigenvalue weighted by atomic mass is 10.2. The van der Waals surface area contributed by atoms with Crippen LogP contribution in [0.4, 0.5) is 0 Å². The Hall–Kier alpha value is -2.58. The molecule has 1 saturated heterocycles. The minimum Gasteiger partial charge on any atom is -0.493 e. The molecule has 1 aromatic carbocycles. The first-order chi connectivity index (χ1) is 14.1. The molecule has 2 amide bonds. The van der Waals surface area contributed by atoms with Gasteiger partial charge in [0.1, 0.15) is 0 Å². The highest BCUT2D eigenvalue weighted by atomic mass is 32.1. The molecule has 2 heterocycles. The summed E-state index contributed by atoms with van der Waals surface area (Å²) in [5, 5.41) is 7.68. The standard InChI is InChI=1S/C21H27N3O4S/c1-27-17-8-7-15(12-18(17)28-2)21(26)23-14-20(25)22-13-16(19-6-5-11-29-19)24-9-3-4-10-24/h5-8,11-12,16H,3-4,9-10,13-14H2,1-2H3,(H,22,25)(H,23,26)/t16-/m1/s1. The fraction of sp³-hybridized carbons (Fsp3) is 0.429. The maximum atomic E-state index is 12.4. The van der Waals surface area contributed by atoms with Crippen molar-refractivity contribution in [1.29, 1.82) is 0 Å². The number of amides is 2. The Morgan fingerprint density at radius 1 is 1.10 bits per heavy atom. The number of likely N-dealkylation sites (tertiary alicyclic amines) is 1. The summed E-state index contributed by atoms with van der Waals surface area (Å²) >= 11 is 1.71. The largest absolute Gasteiger partial charge is 0.493 e. The van der Waals surface area contributed by atoms with Gasteiger partial charge in [0.25, 0.3) is 5.91 Å². The summed E-state index contributed by atoms with van der Waals surface area (Å²) in [6, 6.07) is 9.21. The molecule has 0 aliphatic carbocycles.